The van der Waals surface area contributed by atoms with Gasteiger partial charge in [0.05, 0.1) is 48.3 Å². The quantitative estimate of drug-likeness (QED) is 0.0157. The average Bonchev–Trinajstić information content (AvgIpc) is 3.88. The predicted molar refractivity (Wildman–Crippen MR) is 251 cm³/mol. The van der Waals surface area contributed by atoms with E-state index in [1.807, 2.05) is 13.0 Å². The average molecular weight is 985 g/mol. The second kappa shape index (κ2) is 26.7. The van der Waals surface area contributed by atoms with Gasteiger partial charge in [-0.15, -0.1) is 0 Å². The lowest BCUT2D eigenvalue weighted by atomic mass is 9.90. The van der Waals surface area contributed by atoms with E-state index in [9.17, 15) is 46.7 Å². The predicted octanol–water partition coefficient (Wildman–Crippen LogP) is 8.35. The van der Waals surface area contributed by atoms with Crippen LogP contribution in [0.25, 0.3) is 11.3 Å². The molecule has 4 amide bonds. The van der Waals surface area contributed by atoms with Gasteiger partial charge in [-0.2, -0.15) is 18.2 Å². The number of rotatable bonds is 26. The first-order chi connectivity index (χ1) is 34.1. The van der Waals surface area contributed by atoms with E-state index < -0.39 is 71.8 Å². The van der Waals surface area contributed by atoms with Gasteiger partial charge in [0.15, 0.2) is 5.76 Å². The summed E-state index contributed by atoms with van der Waals surface area (Å²) in [6.45, 7) is 4.93. The van der Waals surface area contributed by atoms with E-state index in [-0.39, 0.29) is 74.1 Å². The summed E-state index contributed by atoms with van der Waals surface area (Å²) in [6, 6.07) is 26.0. The molecule has 3 atom stereocenters. The highest BCUT2D eigenvalue weighted by Gasteiger charge is 2.35. The second-order valence-electron chi connectivity index (χ2n) is 16.0. The van der Waals surface area contributed by atoms with Gasteiger partial charge in [0.1, 0.15) is 30.8 Å². The van der Waals surface area contributed by atoms with Crippen LogP contribution in [0.15, 0.2) is 120 Å². The maximum atomic E-state index is 13.8. The van der Waals surface area contributed by atoms with Crippen LogP contribution >= 0.6 is 0 Å². The van der Waals surface area contributed by atoms with Crippen molar-refractivity contribution in [2.24, 2.45) is 5.92 Å². The Morgan fingerprint density at radius 1 is 0.761 bits per heavy atom. The van der Waals surface area contributed by atoms with E-state index in [2.05, 4.69) is 16.0 Å². The van der Waals surface area contributed by atoms with Crippen molar-refractivity contribution < 1.29 is 70.2 Å². The first kappa shape index (κ1) is 54.0. The molecule has 4 aromatic carbocycles. The SMILES string of the molecule is CCCCCC(C(=O)NCNC(=O)c1ccc(-c2ccc(C(=O)NC(CC(=O)OCc3ccccc3)C(=O)OCc3ccccc3)c(OCC)c2)o1)C(CC)N(C=O)OC(=O)c1ccc(C(F)(F)F)cc1. The van der Waals surface area contributed by atoms with Crippen molar-refractivity contribution in [2.75, 3.05) is 13.3 Å². The van der Waals surface area contributed by atoms with Crippen LogP contribution in [0.4, 0.5) is 13.2 Å². The summed E-state index contributed by atoms with van der Waals surface area (Å²) in [4.78, 5) is 97.4. The molecule has 0 saturated carbocycles. The number of esters is 2. The number of benzene rings is 4. The van der Waals surface area contributed by atoms with Gasteiger partial charge < -0.3 is 39.4 Å². The fourth-order valence-electron chi connectivity index (χ4n) is 7.27. The summed E-state index contributed by atoms with van der Waals surface area (Å²) in [5.74, 6) is -5.52. The molecule has 0 radical (unpaired) electrons. The topological polar surface area (TPSA) is 209 Å². The largest absolute Gasteiger partial charge is 0.493 e. The Labute approximate surface area is 408 Å². The third-order valence-corrected chi connectivity index (χ3v) is 11.0. The molecule has 3 N–H and O–H groups in total. The summed E-state index contributed by atoms with van der Waals surface area (Å²) in [5, 5.41) is 8.46. The number of carbonyl (C=O) groups is 7. The van der Waals surface area contributed by atoms with Gasteiger partial charge in [0, 0.05) is 5.56 Å². The number of hydroxylamine groups is 2. The Balaban J connectivity index is 1.23. The molecule has 16 nitrogen and oxygen atoms in total. The molecular weight excluding hydrogens is 930 g/mol. The number of amides is 4. The number of nitrogens with one attached hydrogen (secondary N) is 3. The van der Waals surface area contributed by atoms with Crippen molar-refractivity contribution in [2.45, 2.75) is 90.8 Å². The maximum Gasteiger partial charge on any atom is 0.416 e. The number of halogens is 3. The lowest BCUT2D eigenvalue weighted by Gasteiger charge is -2.31. The summed E-state index contributed by atoms with van der Waals surface area (Å²) in [5.41, 5.74) is 0.618. The minimum absolute atomic E-state index is 0.0151. The smallest absolute Gasteiger partial charge is 0.416 e. The molecule has 376 valence electrons. The molecule has 0 spiro atoms. The fourth-order valence-corrected chi connectivity index (χ4v) is 7.27. The van der Waals surface area contributed by atoms with Gasteiger partial charge in [0.25, 0.3) is 11.8 Å². The molecule has 0 fully saturated rings. The number of alkyl halides is 3. The molecule has 3 unspecified atom stereocenters. The highest BCUT2D eigenvalue weighted by molar-refractivity contribution is 6.00. The van der Waals surface area contributed by atoms with Crippen LogP contribution in [0.3, 0.4) is 0 Å². The van der Waals surface area contributed by atoms with Gasteiger partial charge >= 0.3 is 24.1 Å². The number of hydrogen-bond acceptors (Lipinski definition) is 12. The first-order valence-corrected chi connectivity index (χ1v) is 22.9. The van der Waals surface area contributed by atoms with Crippen LogP contribution in [0.5, 0.6) is 5.75 Å². The Kier molecular flexibility index (Phi) is 20.3. The van der Waals surface area contributed by atoms with Crippen LogP contribution in [0.1, 0.15) is 107 Å². The zero-order chi connectivity index (χ0) is 51.3. The van der Waals surface area contributed by atoms with Crippen molar-refractivity contribution in [3.8, 4) is 17.1 Å². The van der Waals surface area contributed by atoms with Gasteiger partial charge in [-0.25, -0.2) is 9.59 Å². The molecular formula is C52H55F3N4O12. The number of nitrogens with zero attached hydrogens (tertiary/aromatic N) is 1. The molecule has 0 saturated heterocycles. The van der Waals surface area contributed by atoms with Crippen molar-refractivity contribution in [3.05, 3.63) is 149 Å². The Morgan fingerprint density at radius 2 is 1.42 bits per heavy atom. The van der Waals surface area contributed by atoms with E-state index in [1.165, 1.54) is 30.3 Å². The molecule has 19 heteroatoms. The second-order valence-corrected chi connectivity index (χ2v) is 16.0. The number of ether oxygens (including phenoxy) is 3. The van der Waals surface area contributed by atoms with Crippen LogP contribution in [-0.2, 0) is 52.9 Å². The number of furan rings is 1. The molecule has 0 aliphatic heterocycles. The molecule has 5 rings (SSSR count). The summed E-state index contributed by atoms with van der Waals surface area (Å²) >= 11 is 0. The fraction of sp³-hybridized carbons (Fsp3) is 0.327. The van der Waals surface area contributed by atoms with E-state index in [0.717, 1.165) is 30.5 Å². The normalized spacial score (nSPS) is 12.3. The molecule has 5 aromatic rings. The van der Waals surface area contributed by atoms with Crippen LogP contribution < -0.4 is 20.7 Å². The zero-order valence-corrected chi connectivity index (χ0v) is 39.3. The standard InChI is InChI=1S/C52H55F3N4O12/c1-4-7-10-19-39(42(5-2)59(33-60)71-50(65)36-20-23-38(24-21-36)52(53,54)55)47(62)56-32-57-49(64)44-27-26-43(70-44)37-22-25-40(45(28-37)67-6-3)48(63)58-41(51(66)69-31-35-17-13-9-14-18-35)29-46(61)68-30-34-15-11-8-12-16-34/h8-9,11-18,20-28,33,39,41-42H,4-7,10,19,29-32H2,1-3H3,(H,56,62)(H,57,64)(H,58,63). The minimum Gasteiger partial charge on any atom is -0.493 e. The minimum atomic E-state index is -4.63. The zero-order valence-electron chi connectivity index (χ0n) is 39.3. The number of unbranched alkanes of at least 4 members (excludes halogenated alkanes) is 2. The van der Waals surface area contributed by atoms with Crippen LogP contribution in [0, 0.1) is 5.92 Å². The summed E-state index contributed by atoms with van der Waals surface area (Å²) in [6.07, 6.45) is -2.39. The summed E-state index contributed by atoms with van der Waals surface area (Å²) < 4.78 is 61.7. The van der Waals surface area contributed by atoms with E-state index in [1.54, 1.807) is 68.4 Å². The van der Waals surface area contributed by atoms with Gasteiger partial charge in [-0.05, 0) is 79.4 Å². The lowest BCUT2D eigenvalue weighted by Crippen LogP contribution is -2.49. The highest BCUT2D eigenvalue weighted by atomic mass is 19.4. The van der Waals surface area contributed by atoms with Crippen molar-refractivity contribution in [1.29, 1.82) is 0 Å². The van der Waals surface area contributed by atoms with E-state index in [0.29, 0.717) is 34.7 Å². The van der Waals surface area contributed by atoms with E-state index in [4.69, 9.17) is 23.5 Å². The summed E-state index contributed by atoms with van der Waals surface area (Å²) in [7, 11) is 0. The maximum absolute atomic E-state index is 13.8. The first-order valence-electron chi connectivity index (χ1n) is 22.9. The van der Waals surface area contributed by atoms with Gasteiger partial charge in [-0.3, -0.25) is 24.0 Å². The molecule has 1 aromatic heterocycles. The van der Waals surface area contributed by atoms with Crippen molar-refractivity contribution in [3.63, 3.8) is 0 Å². The van der Waals surface area contributed by atoms with Gasteiger partial charge in [-0.1, -0.05) is 99.8 Å². The molecule has 0 aliphatic rings. The Hall–Kier alpha value is -7.96. The Bertz CT molecular complexity index is 2570. The molecule has 0 bridgehead atoms. The molecule has 71 heavy (non-hydrogen) atoms. The molecule has 0 aliphatic carbocycles. The van der Waals surface area contributed by atoms with Crippen LogP contribution in [-0.4, -0.2) is 72.5 Å². The molecule has 1 heterocycles. The van der Waals surface area contributed by atoms with Crippen molar-refractivity contribution >= 4 is 42.0 Å². The lowest BCUT2D eigenvalue weighted by molar-refractivity contribution is -0.171. The van der Waals surface area contributed by atoms with E-state index >= 15 is 0 Å². The van der Waals surface area contributed by atoms with Crippen LogP contribution in [0.2, 0.25) is 0 Å². The third kappa shape index (κ3) is 16.1. The third-order valence-electron chi connectivity index (χ3n) is 11.0. The monoisotopic (exact) mass is 984 g/mol. The van der Waals surface area contributed by atoms with Crippen molar-refractivity contribution in [1.82, 2.24) is 21.0 Å². The number of hydrogen-bond donors (Lipinski definition) is 3. The van der Waals surface area contributed by atoms with Gasteiger partial charge in [0.2, 0.25) is 12.3 Å². The number of carbonyl (C=O) groups excluding carboxylic acids is 7. The highest BCUT2D eigenvalue weighted by Crippen LogP contribution is 2.31. The Morgan fingerprint density at radius 3 is 2.03 bits per heavy atom.